The van der Waals surface area contributed by atoms with E-state index >= 15 is 0 Å². The van der Waals surface area contributed by atoms with Gasteiger partial charge in [0.25, 0.3) is 5.91 Å². The number of aromatic nitrogens is 4. The number of aryl methyl sites for hydroxylation is 3. The zero-order valence-corrected chi connectivity index (χ0v) is 16.2. The summed E-state index contributed by atoms with van der Waals surface area (Å²) in [6.07, 6.45) is 9.43. The first kappa shape index (κ1) is 17.6. The smallest absolute Gasteiger partial charge is 0.258 e. The van der Waals surface area contributed by atoms with Gasteiger partial charge in [0.15, 0.2) is 5.89 Å². The zero-order chi connectivity index (χ0) is 19.8. The molecule has 7 heteroatoms. The molecule has 146 valence electrons. The minimum Gasteiger partial charge on any atom is -0.445 e. The molecule has 0 spiro atoms. The Morgan fingerprint density at radius 2 is 2.14 bits per heavy atom. The van der Waals surface area contributed by atoms with Gasteiger partial charge in [0.05, 0.1) is 23.8 Å². The van der Waals surface area contributed by atoms with Crippen molar-refractivity contribution in [3.63, 3.8) is 0 Å². The highest BCUT2D eigenvalue weighted by atomic mass is 16.4. The number of hydrogen-bond donors (Lipinski definition) is 0. The fourth-order valence-corrected chi connectivity index (χ4v) is 3.75. The summed E-state index contributed by atoms with van der Waals surface area (Å²) in [6, 6.07) is 7.92. The molecule has 5 rings (SSSR count). The number of rotatable bonds is 4. The Bertz CT molecular complexity index is 1180. The largest absolute Gasteiger partial charge is 0.445 e. The van der Waals surface area contributed by atoms with Gasteiger partial charge in [-0.05, 0) is 36.6 Å². The fraction of sp³-hybridized carbons (Fsp3) is 0.273. The molecule has 0 aliphatic carbocycles. The SMILES string of the molecule is Cc1ccc2c(C(=O)N3CCc4oc(CCc5cccnc5)nc4C3)cnn2c1. The molecule has 0 radical (unpaired) electrons. The third-order valence-electron chi connectivity index (χ3n) is 5.30. The van der Waals surface area contributed by atoms with Crippen molar-refractivity contribution >= 4 is 11.4 Å². The van der Waals surface area contributed by atoms with Crippen LogP contribution in [0.25, 0.3) is 5.52 Å². The van der Waals surface area contributed by atoms with Crippen LogP contribution in [0.1, 0.15) is 38.8 Å². The van der Waals surface area contributed by atoms with Crippen LogP contribution >= 0.6 is 0 Å². The summed E-state index contributed by atoms with van der Waals surface area (Å²) in [5.41, 5.74) is 4.56. The Morgan fingerprint density at radius 1 is 1.21 bits per heavy atom. The summed E-state index contributed by atoms with van der Waals surface area (Å²) in [4.78, 5) is 23.7. The minimum absolute atomic E-state index is 0.0191. The Balaban J connectivity index is 1.31. The molecule has 1 amide bonds. The second-order valence-electron chi connectivity index (χ2n) is 7.41. The molecule has 4 aromatic rings. The van der Waals surface area contributed by atoms with E-state index in [1.807, 2.05) is 48.5 Å². The van der Waals surface area contributed by atoms with E-state index in [1.165, 1.54) is 0 Å². The molecule has 0 saturated carbocycles. The zero-order valence-electron chi connectivity index (χ0n) is 16.2. The molecule has 1 aliphatic heterocycles. The van der Waals surface area contributed by atoms with Gasteiger partial charge in [0, 0.05) is 38.0 Å². The molecule has 5 heterocycles. The summed E-state index contributed by atoms with van der Waals surface area (Å²) >= 11 is 0. The van der Waals surface area contributed by atoms with Crippen LogP contribution in [0.5, 0.6) is 0 Å². The van der Waals surface area contributed by atoms with Crippen LogP contribution in [-0.2, 0) is 25.8 Å². The van der Waals surface area contributed by atoms with Gasteiger partial charge in [-0.3, -0.25) is 9.78 Å². The van der Waals surface area contributed by atoms with Crippen molar-refractivity contribution < 1.29 is 9.21 Å². The molecule has 1 aliphatic rings. The molecular formula is C22H21N5O2. The third kappa shape index (κ3) is 3.40. The van der Waals surface area contributed by atoms with Crippen LogP contribution in [0.2, 0.25) is 0 Å². The molecule has 0 saturated heterocycles. The molecule has 7 nitrogen and oxygen atoms in total. The van der Waals surface area contributed by atoms with Gasteiger partial charge in [-0.2, -0.15) is 5.10 Å². The average molecular weight is 387 g/mol. The molecule has 0 aromatic carbocycles. The average Bonchev–Trinajstić information content (AvgIpc) is 3.35. The predicted molar refractivity (Wildman–Crippen MR) is 107 cm³/mol. The number of fused-ring (bicyclic) bond motifs is 2. The first-order chi connectivity index (χ1) is 14.2. The fourth-order valence-electron chi connectivity index (χ4n) is 3.75. The van der Waals surface area contributed by atoms with Crippen LogP contribution in [0.4, 0.5) is 0 Å². The summed E-state index contributed by atoms with van der Waals surface area (Å²) < 4.78 is 7.70. The molecule has 4 aromatic heterocycles. The van der Waals surface area contributed by atoms with Crippen LogP contribution in [0.15, 0.2) is 53.5 Å². The summed E-state index contributed by atoms with van der Waals surface area (Å²) in [5, 5.41) is 4.33. The number of hydrogen-bond acceptors (Lipinski definition) is 5. The molecule has 0 atom stereocenters. The van der Waals surface area contributed by atoms with E-state index in [4.69, 9.17) is 4.42 Å². The number of oxazole rings is 1. The normalized spacial score (nSPS) is 13.6. The highest BCUT2D eigenvalue weighted by molar-refractivity contribution is 6.00. The lowest BCUT2D eigenvalue weighted by Gasteiger charge is -2.25. The first-order valence-corrected chi connectivity index (χ1v) is 9.77. The van der Waals surface area contributed by atoms with Gasteiger partial charge in [-0.1, -0.05) is 12.1 Å². The van der Waals surface area contributed by atoms with Crippen molar-refractivity contribution in [2.45, 2.75) is 32.7 Å². The topological polar surface area (TPSA) is 76.5 Å². The van der Waals surface area contributed by atoms with E-state index in [9.17, 15) is 4.79 Å². The molecule has 0 bridgehead atoms. The Morgan fingerprint density at radius 3 is 3.00 bits per heavy atom. The lowest BCUT2D eigenvalue weighted by molar-refractivity contribution is 0.0730. The van der Waals surface area contributed by atoms with E-state index in [1.54, 1.807) is 16.9 Å². The molecular weight excluding hydrogens is 366 g/mol. The monoisotopic (exact) mass is 387 g/mol. The maximum Gasteiger partial charge on any atom is 0.258 e. The van der Waals surface area contributed by atoms with Gasteiger partial charge in [0.2, 0.25) is 0 Å². The van der Waals surface area contributed by atoms with Crippen LogP contribution < -0.4 is 0 Å². The molecule has 29 heavy (non-hydrogen) atoms. The Kier molecular flexibility index (Phi) is 4.35. The quantitative estimate of drug-likeness (QED) is 0.538. The van der Waals surface area contributed by atoms with Crippen molar-refractivity contribution in [3.05, 3.63) is 83.1 Å². The number of pyridine rings is 2. The highest BCUT2D eigenvalue weighted by Gasteiger charge is 2.27. The number of carbonyl (C=O) groups excluding carboxylic acids is 1. The van der Waals surface area contributed by atoms with Crippen molar-refractivity contribution in [1.29, 1.82) is 0 Å². The molecule has 0 unspecified atom stereocenters. The lowest BCUT2D eigenvalue weighted by atomic mass is 10.1. The van der Waals surface area contributed by atoms with E-state index < -0.39 is 0 Å². The standard InChI is InChI=1S/C22H21N5O2/c1-15-4-6-19-17(12-24-27(19)13-15)22(28)26-10-8-20-18(14-26)25-21(29-20)7-5-16-3-2-9-23-11-16/h2-4,6,9,11-13H,5,7-8,10,14H2,1H3. The van der Waals surface area contributed by atoms with Gasteiger partial charge in [-0.25, -0.2) is 9.50 Å². The third-order valence-corrected chi connectivity index (χ3v) is 5.30. The van der Waals surface area contributed by atoms with Gasteiger partial charge < -0.3 is 9.32 Å². The molecule has 0 N–H and O–H groups in total. The maximum atomic E-state index is 13.1. The lowest BCUT2D eigenvalue weighted by Crippen LogP contribution is -2.35. The Labute approximate surface area is 168 Å². The van der Waals surface area contributed by atoms with Crippen molar-refractivity contribution in [1.82, 2.24) is 24.5 Å². The molecule has 0 fully saturated rings. The first-order valence-electron chi connectivity index (χ1n) is 9.77. The number of nitrogens with zero attached hydrogens (tertiary/aromatic N) is 5. The van der Waals surface area contributed by atoms with Gasteiger partial charge in [-0.15, -0.1) is 0 Å². The Hall–Kier alpha value is -3.48. The van der Waals surface area contributed by atoms with Crippen molar-refractivity contribution in [3.8, 4) is 0 Å². The number of amides is 1. The van der Waals surface area contributed by atoms with Gasteiger partial charge >= 0.3 is 0 Å². The van der Waals surface area contributed by atoms with E-state index in [2.05, 4.69) is 15.1 Å². The van der Waals surface area contributed by atoms with Crippen molar-refractivity contribution in [2.24, 2.45) is 0 Å². The second-order valence-corrected chi connectivity index (χ2v) is 7.41. The van der Waals surface area contributed by atoms with Crippen molar-refractivity contribution in [2.75, 3.05) is 6.54 Å². The van der Waals surface area contributed by atoms with Crippen LogP contribution in [0.3, 0.4) is 0 Å². The van der Waals surface area contributed by atoms with Gasteiger partial charge in [0.1, 0.15) is 11.5 Å². The number of carbonyl (C=O) groups is 1. The van der Waals surface area contributed by atoms with E-state index in [0.717, 1.165) is 46.8 Å². The summed E-state index contributed by atoms with van der Waals surface area (Å²) in [5.74, 6) is 1.60. The van der Waals surface area contributed by atoms with Crippen LogP contribution in [-0.4, -0.2) is 36.9 Å². The highest BCUT2D eigenvalue weighted by Crippen LogP contribution is 2.23. The van der Waals surface area contributed by atoms with Crippen LogP contribution in [0, 0.1) is 6.92 Å². The van der Waals surface area contributed by atoms with E-state index in [0.29, 0.717) is 25.1 Å². The summed E-state index contributed by atoms with van der Waals surface area (Å²) in [7, 11) is 0. The van der Waals surface area contributed by atoms with E-state index in [-0.39, 0.29) is 5.91 Å². The maximum absolute atomic E-state index is 13.1. The second kappa shape index (κ2) is 7.16. The predicted octanol–water partition coefficient (Wildman–Crippen LogP) is 3.01. The minimum atomic E-state index is -0.0191. The summed E-state index contributed by atoms with van der Waals surface area (Å²) in [6.45, 7) is 3.09.